The minimum Gasteiger partial charge on any atom is -0.396 e. The van der Waals surface area contributed by atoms with Crippen LogP contribution in [0.3, 0.4) is 0 Å². The van der Waals surface area contributed by atoms with Crippen molar-refractivity contribution in [2.75, 3.05) is 30.8 Å². The highest BCUT2D eigenvalue weighted by Gasteiger charge is 2.11. The Balaban J connectivity index is 2.79. The molecule has 0 saturated heterocycles. The van der Waals surface area contributed by atoms with Crippen LogP contribution in [-0.4, -0.2) is 30.3 Å². The lowest BCUT2D eigenvalue weighted by Gasteiger charge is -2.12. The lowest BCUT2D eigenvalue weighted by Crippen LogP contribution is -2.16. The average molecular weight is 231 g/mol. The second-order valence-electron chi connectivity index (χ2n) is 3.57. The van der Waals surface area contributed by atoms with Gasteiger partial charge in [-0.05, 0) is 5.92 Å². The van der Waals surface area contributed by atoms with E-state index in [1.807, 2.05) is 0 Å². The Hall–Kier alpha value is -1.43. The molecule has 1 unspecified atom stereocenters. The summed E-state index contributed by atoms with van der Waals surface area (Å²) in [6, 6.07) is 0.769. The third-order valence-electron chi connectivity index (χ3n) is 2.10. The van der Waals surface area contributed by atoms with E-state index < -0.39 is 11.6 Å². The maximum Gasteiger partial charge on any atom is 0.168 e. The van der Waals surface area contributed by atoms with Crippen LogP contribution in [0, 0.1) is 17.6 Å². The molecule has 3 N–H and O–H groups in total. The van der Waals surface area contributed by atoms with Crippen molar-refractivity contribution < 1.29 is 13.9 Å². The zero-order chi connectivity index (χ0) is 12.1. The predicted molar refractivity (Wildman–Crippen MR) is 58.4 cm³/mol. The Morgan fingerprint density at radius 3 is 2.56 bits per heavy atom. The minimum atomic E-state index is -0.748. The van der Waals surface area contributed by atoms with E-state index in [4.69, 9.17) is 5.11 Å². The van der Waals surface area contributed by atoms with E-state index >= 15 is 0 Å². The minimum absolute atomic E-state index is 0.00526. The molecule has 90 valence electrons. The van der Waals surface area contributed by atoms with E-state index in [0.29, 0.717) is 6.54 Å². The Kier molecular flexibility index (Phi) is 4.42. The average Bonchev–Trinajstić information content (AvgIpc) is 2.27. The monoisotopic (exact) mass is 231 g/mol. The summed E-state index contributed by atoms with van der Waals surface area (Å²) in [5, 5.41) is 14.0. The van der Waals surface area contributed by atoms with Gasteiger partial charge in [0.15, 0.2) is 23.3 Å². The fourth-order valence-corrected chi connectivity index (χ4v) is 1.10. The fraction of sp³-hybridized carbons (Fsp3) is 0.500. The molecular formula is C10H15F2N3O. The molecule has 0 aliphatic heterocycles. The zero-order valence-corrected chi connectivity index (χ0v) is 9.22. The SMILES string of the molecule is CNc1nc(NCC(C)CO)c(F)cc1F. The van der Waals surface area contributed by atoms with Crippen LogP contribution in [0.15, 0.2) is 6.07 Å². The van der Waals surface area contributed by atoms with Crippen LogP contribution in [-0.2, 0) is 0 Å². The molecule has 1 heterocycles. The Morgan fingerprint density at radius 2 is 2.00 bits per heavy atom. The summed E-state index contributed by atoms with van der Waals surface area (Å²) < 4.78 is 26.3. The Labute approximate surface area is 92.7 Å². The third-order valence-corrected chi connectivity index (χ3v) is 2.10. The van der Waals surface area contributed by atoms with Crippen LogP contribution in [0.25, 0.3) is 0 Å². The first-order valence-electron chi connectivity index (χ1n) is 4.97. The summed E-state index contributed by atoms with van der Waals surface area (Å²) in [5.74, 6) is -1.54. The first kappa shape index (κ1) is 12.6. The molecule has 0 aromatic carbocycles. The van der Waals surface area contributed by atoms with Crippen molar-refractivity contribution in [1.29, 1.82) is 0 Å². The first-order valence-corrected chi connectivity index (χ1v) is 4.97. The molecule has 16 heavy (non-hydrogen) atoms. The van der Waals surface area contributed by atoms with Gasteiger partial charge in [0, 0.05) is 26.3 Å². The summed E-state index contributed by atoms with van der Waals surface area (Å²) >= 11 is 0. The number of nitrogens with zero attached hydrogens (tertiary/aromatic N) is 1. The molecule has 1 aromatic rings. The number of halogens is 2. The largest absolute Gasteiger partial charge is 0.396 e. The van der Waals surface area contributed by atoms with E-state index in [2.05, 4.69) is 15.6 Å². The molecule has 0 radical (unpaired) electrons. The smallest absolute Gasteiger partial charge is 0.168 e. The molecule has 0 saturated carbocycles. The summed E-state index contributed by atoms with van der Waals surface area (Å²) in [6.07, 6.45) is 0. The molecule has 0 bridgehead atoms. The molecule has 1 aromatic heterocycles. The van der Waals surface area contributed by atoms with Gasteiger partial charge in [-0.25, -0.2) is 13.8 Å². The number of aliphatic hydroxyl groups excluding tert-OH is 1. The van der Waals surface area contributed by atoms with Gasteiger partial charge in [0.05, 0.1) is 0 Å². The third kappa shape index (κ3) is 3.03. The molecule has 1 atom stereocenters. The highest BCUT2D eigenvalue weighted by Crippen LogP contribution is 2.18. The highest BCUT2D eigenvalue weighted by atomic mass is 19.1. The van der Waals surface area contributed by atoms with Crippen molar-refractivity contribution in [2.24, 2.45) is 5.92 Å². The van der Waals surface area contributed by atoms with Gasteiger partial charge in [-0.1, -0.05) is 6.92 Å². The normalized spacial score (nSPS) is 12.3. The van der Waals surface area contributed by atoms with Gasteiger partial charge in [-0.15, -0.1) is 0 Å². The number of hydrogen-bond donors (Lipinski definition) is 3. The number of aromatic nitrogens is 1. The van der Waals surface area contributed by atoms with Crippen LogP contribution in [0.1, 0.15) is 6.92 Å². The Morgan fingerprint density at radius 1 is 1.38 bits per heavy atom. The lowest BCUT2D eigenvalue weighted by atomic mass is 10.2. The second kappa shape index (κ2) is 5.60. The molecule has 0 aliphatic rings. The topological polar surface area (TPSA) is 57.2 Å². The summed E-state index contributed by atoms with van der Waals surface area (Å²) in [6.45, 7) is 2.16. The number of nitrogens with one attached hydrogen (secondary N) is 2. The van der Waals surface area contributed by atoms with Crippen molar-refractivity contribution in [3.8, 4) is 0 Å². The molecule has 0 spiro atoms. The van der Waals surface area contributed by atoms with Gasteiger partial charge < -0.3 is 15.7 Å². The van der Waals surface area contributed by atoms with Crippen LogP contribution in [0.5, 0.6) is 0 Å². The van der Waals surface area contributed by atoms with Crippen molar-refractivity contribution >= 4 is 11.6 Å². The number of anilines is 2. The first-order chi connectivity index (χ1) is 7.58. The van der Waals surface area contributed by atoms with Crippen LogP contribution < -0.4 is 10.6 Å². The van der Waals surface area contributed by atoms with Crippen molar-refractivity contribution in [2.45, 2.75) is 6.92 Å². The maximum atomic E-state index is 13.3. The molecular weight excluding hydrogens is 216 g/mol. The van der Waals surface area contributed by atoms with Gasteiger partial charge in [0.1, 0.15) is 0 Å². The number of hydrogen-bond acceptors (Lipinski definition) is 4. The Bertz CT molecular complexity index is 360. The van der Waals surface area contributed by atoms with Gasteiger partial charge in [0.2, 0.25) is 0 Å². The summed E-state index contributed by atoms with van der Waals surface area (Å²) in [7, 11) is 1.50. The van der Waals surface area contributed by atoms with Gasteiger partial charge >= 0.3 is 0 Å². The lowest BCUT2D eigenvalue weighted by molar-refractivity contribution is 0.244. The number of rotatable bonds is 5. The molecule has 0 fully saturated rings. The van der Waals surface area contributed by atoms with Crippen molar-refractivity contribution in [3.05, 3.63) is 17.7 Å². The van der Waals surface area contributed by atoms with Gasteiger partial charge in [-0.2, -0.15) is 0 Å². The van der Waals surface area contributed by atoms with E-state index in [1.165, 1.54) is 7.05 Å². The van der Waals surface area contributed by atoms with Crippen LogP contribution in [0.2, 0.25) is 0 Å². The molecule has 0 aliphatic carbocycles. The van der Waals surface area contributed by atoms with Gasteiger partial charge in [0.25, 0.3) is 0 Å². The summed E-state index contributed by atoms with van der Waals surface area (Å²) in [4.78, 5) is 3.74. The summed E-state index contributed by atoms with van der Waals surface area (Å²) in [5.41, 5.74) is 0. The quantitative estimate of drug-likeness (QED) is 0.717. The van der Waals surface area contributed by atoms with E-state index in [-0.39, 0.29) is 24.2 Å². The number of aliphatic hydroxyl groups is 1. The standard InChI is InChI=1S/C10H15F2N3O/c1-6(5-16)4-14-10-8(12)3-7(11)9(13-2)15-10/h3,6,16H,4-5H2,1-2H3,(H2,13,14,15). The van der Waals surface area contributed by atoms with E-state index in [0.717, 1.165) is 6.07 Å². The maximum absolute atomic E-state index is 13.3. The van der Waals surface area contributed by atoms with Crippen LogP contribution in [0.4, 0.5) is 20.4 Å². The van der Waals surface area contributed by atoms with Crippen molar-refractivity contribution in [1.82, 2.24) is 4.98 Å². The number of pyridine rings is 1. The van der Waals surface area contributed by atoms with Gasteiger partial charge in [-0.3, -0.25) is 0 Å². The molecule has 6 heteroatoms. The fourth-order valence-electron chi connectivity index (χ4n) is 1.10. The molecule has 4 nitrogen and oxygen atoms in total. The van der Waals surface area contributed by atoms with Crippen LogP contribution >= 0.6 is 0 Å². The molecule has 0 amide bonds. The van der Waals surface area contributed by atoms with E-state index in [9.17, 15) is 8.78 Å². The second-order valence-corrected chi connectivity index (χ2v) is 3.57. The predicted octanol–water partition coefficient (Wildman–Crippen LogP) is 1.44. The highest BCUT2D eigenvalue weighted by molar-refractivity contribution is 5.47. The van der Waals surface area contributed by atoms with E-state index in [1.54, 1.807) is 6.92 Å². The molecule has 1 rings (SSSR count). The zero-order valence-electron chi connectivity index (χ0n) is 9.22. The van der Waals surface area contributed by atoms with Crippen molar-refractivity contribution in [3.63, 3.8) is 0 Å².